The van der Waals surface area contributed by atoms with E-state index in [4.69, 9.17) is 0 Å². The van der Waals surface area contributed by atoms with Crippen LogP contribution in [0.5, 0.6) is 0 Å². The smallest absolute Gasteiger partial charge is 0.267 e. The molecule has 1 aliphatic carbocycles. The molecule has 1 saturated carbocycles. The Balaban J connectivity index is 1.54. The van der Waals surface area contributed by atoms with Crippen molar-refractivity contribution in [1.29, 1.82) is 0 Å². The topological polar surface area (TPSA) is 56.9 Å². The number of carbonyl (C=O) groups excluding carboxylic acids is 1. The Labute approximate surface area is 105 Å². The molecule has 3 N–H and O–H groups in total. The highest BCUT2D eigenvalue weighted by Crippen LogP contribution is 2.41. The van der Waals surface area contributed by atoms with Crippen LogP contribution >= 0.6 is 0 Å². The Morgan fingerprint density at radius 3 is 2.78 bits per heavy atom. The number of rotatable bonds is 2. The maximum atomic E-state index is 12.1. The Morgan fingerprint density at radius 2 is 2.00 bits per heavy atom. The van der Waals surface area contributed by atoms with Crippen LogP contribution in [-0.2, 0) is 0 Å². The SMILES string of the molecule is O=C(NC1C2CNCC21)c1cc2ccccc2[nH]1. The molecule has 0 radical (unpaired) electrons. The van der Waals surface area contributed by atoms with Crippen molar-refractivity contribution in [3.05, 3.63) is 36.0 Å². The van der Waals surface area contributed by atoms with Crippen LogP contribution in [0, 0.1) is 11.8 Å². The molecule has 4 rings (SSSR count). The normalized spacial score (nSPS) is 29.2. The van der Waals surface area contributed by atoms with Gasteiger partial charge in [-0.05, 0) is 24.0 Å². The molecule has 1 aromatic carbocycles. The van der Waals surface area contributed by atoms with Crippen LogP contribution in [0.1, 0.15) is 10.5 Å². The zero-order chi connectivity index (χ0) is 12.1. The molecule has 2 heterocycles. The van der Waals surface area contributed by atoms with Gasteiger partial charge in [0.2, 0.25) is 0 Å². The molecule has 2 fully saturated rings. The summed E-state index contributed by atoms with van der Waals surface area (Å²) in [6.07, 6.45) is 0. The Hall–Kier alpha value is -1.81. The van der Waals surface area contributed by atoms with Crippen molar-refractivity contribution in [3.63, 3.8) is 0 Å². The van der Waals surface area contributed by atoms with Gasteiger partial charge in [-0.15, -0.1) is 0 Å². The van der Waals surface area contributed by atoms with E-state index in [0.29, 0.717) is 23.6 Å². The molecule has 2 aromatic rings. The number of nitrogens with one attached hydrogen (secondary N) is 3. The first-order chi connectivity index (χ1) is 8.83. The number of benzene rings is 1. The van der Waals surface area contributed by atoms with Crippen molar-refractivity contribution in [1.82, 2.24) is 15.6 Å². The van der Waals surface area contributed by atoms with Gasteiger partial charge in [0, 0.05) is 30.0 Å². The van der Waals surface area contributed by atoms with Crippen LogP contribution in [0.15, 0.2) is 30.3 Å². The second-order valence-electron chi connectivity index (χ2n) is 5.26. The number of hydrogen-bond donors (Lipinski definition) is 3. The van der Waals surface area contributed by atoms with E-state index in [2.05, 4.69) is 15.6 Å². The minimum Gasteiger partial charge on any atom is -0.351 e. The van der Waals surface area contributed by atoms with Crippen molar-refractivity contribution in [2.24, 2.45) is 11.8 Å². The van der Waals surface area contributed by atoms with E-state index in [0.717, 1.165) is 24.0 Å². The van der Waals surface area contributed by atoms with E-state index in [-0.39, 0.29) is 5.91 Å². The van der Waals surface area contributed by atoms with Crippen LogP contribution in [0.25, 0.3) is 10.9 Å². The summed E-state index contributed by atoms with van der Waals surface area (Å²) in [7, 11) is 0. The highest BCUT2D eigenvalue weighted by atomic mass is 16.2. The lowest BCUT2D eigenvalue weighted by molar-refractivity contribution is 0.0942. The third kappa shape index (κ3) is 1.46. The number of aromatic amines is 1. The molecule has 1 saturated heterocycles. The first-order valence-corrected chi connectivity index (χ1v) is 6.42. The molecule has 2 atom stereocenters. The first-order valence-electron chi connectivity index (χ1n) is 6.42. The lowest BCUT2D eigenvalue weighted by Gasteiger charge is -2.06. The maximum absolute atomic E-state index is 12.1. The van der Waals surface area contributed by atoms with Gasteiger partial charge in [0.05, 0.1) is 0 Å². The summed E-state index contributed by atoms with van der Waals surface area (Å²) in [5.74, 6) is 1.32. The summed E-state index contributed by atoms with van der Waals surface area (Å²) < 4.78 is 0. The average molecular weight is 241 g/mol. The van der Waals surface area contributed by atoms with E-state index in [9.17, 15) is 4.79 Å². The Kier molecular flexibility index (Phi) is 2.02. The fourth-order valence-corrected chi connectivity index (χ4v) is 3.06. The lowest BCUT2D eigenvalue weighted by Crippen LogP contribution is -2.32. The van der Waals surface area contributed by atoms with Gasteiger partial charge in [-0.25, -0.2) is 0 Å². The minimum absolute atomic E-state index is 0.0191. The Morgan fingerprint density at radius 1 is 1.22 bits per heavy atom. The third-order valence-corrected chi connectivity index (χ3v) is 4.16. The molecule has 0 spiro atoms. The van der Waals surface area contributed by atoms with Crippen molar-refractivity contribution < 1.29 is 4.79 Å². The monoisotopic (exact) mass is 241 g/mol. The van der Waals surface area contributed by atoms with Gasteiger partial charge < -0.3 is 15.6 Å². The maximum Gasteiger partial charge on any atom is 0.267 e. The molecule has 2 aliphatic rings. The molecular weight excluding hydrogens is 226 g/mol. The third-order valence-electron chi connectivity index (χ3n) is 4.16. The molecular formula is C14H15N3O. The van der Waals surface area contributed by atoms with E-state index in [1.165, 1.54) is 0 Å². The zero-order valence-electron chi connectivity index (χ0n) is 9.94. The van der Waals surface area contributed by atoms with E-state index >= 15 is 0 Å². The van der Waals surface area contributed by atoms with Crippen molar-refractivity contribution in [2.75, 3.05) is 13.1 Å². The van der Waals surface area contributed by atoms with E-state index in [1.807, 2.05) is 30.3 Å². The molecule has 4 heteroatoms. The van der Waals surface area contributed by atoms with E-state index < -0.39 is 0 Å². The van der Waals surface area contributed by atoms with Crippen molar-refractivity contribution in [3.8, 4) is 0 Å². The fraction of sp³-hybridized carbons (Fsp3) is 0.357. The molecule has 92 valence electrons. The van der Waals surface area contributed by atoms with Crippen LogP contribution in [0.2, 0.25) is 0 Å². The van der Waals surface area contributed by atoms with Crippen molar-refractivity contribution in [2.45, 2.75) is 6.04 Å². The van der Waals surface area contributed by atoms with E-state index in [1.54, 1.807) is 0 Å². The summed E-state index contributed by atoms with van der Waals surface area (Å²) in [4.78, 5) is 15.3. The predicted molar refractivity (Wildman–Crippen MR) is 69.4 cm³/mol. The second kappa shape index (κ2) is 3.59. The zero-order valence-corrected chi connectivity index (χ0v) is 9.94. The minimum atomic E-state index is 0.0191. The molecule has 1 aromatic heterocycles. The number of carbonyl (C=O) groups is 1. The van der Waals surface area contributed by atoms with Crippen LogP contribution in [-0.4, -0.2) is 30.0 Å². The summed E-state index contributed by atoms with van der Waals surface area (Å²) in [5, 5.41) is 7.53. The summed E-state index contributed by atoms with van der Waals surface area (Å²) >= 11 is 0. The highest BCUT2D eigenvalue weighted by Gasteiger charge is 2.53. The van der Waals surface area contributed by atoms with Gasteiger partial charge in [0.1, 0.15) is 5.69 Å². The number of aromatic nitrogens is 1. The van der Waals surface area contributed by atoms with Crippen LogP contribution in [0.3, 0.4) is 0 Å². The molecule has 0 bridgehead atoms. The molecule has 1 amide bonds. The number of hydrogen-bond acceptors (Lipinski definition) is 2. The van der Waals surface area contributed by atoms with Gasteiger partial charge in [-0.1, -0.05) is 18.2 Å². The van der Waals surface area contributed by atoms with Gasteiger partial charge >= 0.3 is 0 Å². The molecule has 2 unspecified atom stereocenters. The lowest BCUT2D eigenvalue weighted by atomic mass is 10.2. The van der Waals surface area contributed by atoms with Crippen LogP contribution in [0.4, 0.5) is 0 Å². The van der Waals surface area contributed by atoms with Gasteiger partial charge in [0.15, 0.2) is 0 Å². The summed E-state index contributed by atoms with van der Waals surface area (Å²) in [6.45, 7) is 2.09. The summed E-state index contributed by atoms with van der Waals surface area (Å²) in [6, 6.07) is 10.2. The second-order valence-corrected chi connectivity index (χ2v) is 5.26. The Bertz CT molecular complexity index is 575. The highest BCUT2D eigenvalue weighted by molar-refractivity contribution is 5.98. The average Bonchev–Trinajstić information content (AvgIpc) is 2.84. The van der Waals surface area contributed by atoms with Gasteiger partial charge in [-0.2, -0.15) is 0 Å². The quantitative estimate of drug-likeness (QED) is 0.738. The first kappa shape index (κ1) is 10.1. The van der Waals surface area contributed by atoms with Gasteiger partial charge in [0.25, 0.3) is 5.91 Å². The van der Waals surface area contributed by atoms with Gasteiger partial charge in [-0.3, -0.25) is 4.79 Å². The molecule has 4 nitrogen and oxygen atoms in total. The standard InChI is InChI=1S/C14H15N3O/c18-14(17-13-9-6-15-7-10(9)13)12-5-8-3-1-2-4-11(8)16-12/h1-5,9-10,13,15-16H,6-7H2,(H,17,18). The number of piperidine rings is 1. The summed E-state index contributed by atoms with van der Waals surface area (Å²) in [5.41, 5.74) is 1.68. The fourth-order valence-electron chi connectivity index (χ4n) is 3.06. The number of H-pyrrole nitrogens is 1. The van der Waals surface area contributed by atoms with Crippen molar-refractivity contribution >= 4 is 16.8 Å². The number of fused-ring (bicyclic) bond motifs is 2. The number of amides is 1. The molecule has 18 heavy (non-hydrogen) atoms. The molecule has 1 aliphatic heterocycles. The predicted octanol–water partition coefficient (Wildman–Crippen LogP) is 1.12. The largest absolute Gasteiger partial charge is 0.351 e. The van der Waals surface area contributed by atoms with Crippen LogP contribution < -0.4 is 10.6 Å². The number of para-hydroxylation sites is 1.